The number of nitrogens with zero attached hydrogens (tertiary/aromatic N) is 4. The highest BCUT2D eigenvalue weighted by atomic mass is 32.1. The van der Waals surface area contributed by atoms with Crippen molar-refractivity contribution in [2.24, 2.45) is 0 Å². The van der Waals surface area contributed by atoms with Crippen molar-refractivity contribution in [3.05, 3.63) is 131 Å². The Balaban J connectivity index is 1.37. The Morgan fingerprint density at radius 1 is 0.818 bits per heavy atom. The first-order chi connectivity index (χ1) is 21.4. The Labute approximate surface area is 265 Å². The number of benzene rings is 3. The summed E-state index contributed by atoms with van der Waals surface area (Å²) in [7, 11) is 0. The molecule has 0 radical (unpaired) electrons. The van der Waals surface area contributed by atoms with Crippen molar-refractivity contribution in [2.75, 3.05) is 22.9 Å². The summed E-state index contributed by atoms with van der Waals surface area (Å²) in [6, 6.07) is 33.3. The third-order valence-corrected chi connectivity index (χ3v) is 8.81. The van der Waals surface area contributed by atoms with Crippen LogP contribution < -0.4 is 19.9 Å². The number of pyridine rings is 1. The van der Waals surface area contributed by atoms with Gasteiger partial charge in [0.2, 0.25) is 0 Å². The number of rotatable bonds is 9. The Hall–Kier alpha value is -4.62. The van der Waals surface area contributed by atoms with E-state index in [0.717, 1.165) is 41.7 Å². The minimum absolute atomic E-state index is 0.101. The molecule has 0 amide bonds. The molecule has 0 saturated carbocycles. The number of hydrogen-bond acceptors (Lipinski definition) is 4. The summed E-state index contributed by atoms with van der Waals surface area (Å²) in [4.78, 5) is 9.33. The molecule has 7 heteroatoms. The SMILES string of the molecule is CCN(CC)c1ccc(-n2c(C)cc(C3C(c4ccccn4)NC(=S)N3c3ccc(Oc4ccc(C)cc4)cc3)c2C)cc1. The summed E-state index contributed by atoms with van der Waals surface area (Å²) in [5, 5.41) is 4.28. The summed E-state index contributed by atoms with van der Waals surface area (Å²) in [6.07, 6.45) is 1.84. The predicted molar refractivity (Wildman–Crippen MR) is 184 cm³/mol. The Bertz CT molecular complexity index is 1730. The highest BCUT2D eigenvalue weighted by Crippen LogP contribution is 2.44. The van der Waals surface area contributed by atoms with E-state index in [1.807, 2.05) is 42.6 Å². The first kappa shape index (κ1) is 29.5. The molecule has 6 nitrogen and oxygen atoms in total. The summed E-state index contributed by atoms with van der Waals surface area (Å²) < 4.78 is 8.46. The number of ether oxygens (including phenoxy) is 1. The molecule has 2 aromatic heterocycles. The fraction of sp³-hybridized carbons (Fsp3) is 0.243. The van der Waals surface area contributed by atoms with Gasteiger partial charge in [0.25, 0.3) is 0 Å². The number of anilines is 2. The number of aromatic nitrogens is 2. The molecule has 224 valence electrons. The molecule has 3 aromatic carbocycles. The van der Waals surface area contributed by atoms with Gasteiger partial charge in [0, 0.05) is 47.7 Å². The van der Waals surface area contributed by atoms with Gasteiger partial charge in [-0.2, -0.15) is 0 Å². The van der Waals surface area contributed by atoms with E-state index >= 15 is 0 Å². The molecule has 5 aromatic rings. The molecule has 1 saturated heterocycles. The second-order valence-corrected chi connectivity index (χ2v) is 11.6. The first-order valence-electron chi connectivity index (χ1n) is 15.3. The quantitative estimate of drug-likeness (QED) is 0.171. The lowest BCUT2D eigenvalue weighted by Gasteiger charge is -2.28. The van der Waals surface area contributed by atoms with Gasteiger partial charge in [0.1, 0.15) is 11.5 Å². The largest absolute Gasteiger partial charge is 0.457 e. The van der Waals surface area contributed by atoms with E-state index in [-0.39, 0.29) is 12.1 Å². The lowest BCUT2D eigenvalue weighted by atomic mass is 9.96. The maximum Gasteiger partial charge on any atom is 0.174 e. The molecule has 2 atom stereocenters. The van der Waals surface area contributed by atoms with Crippen molar-refractivity contribution in [3.63, 3.8) is 0 Å². The number of aryl methyl sites for hydroxylation is 2. The van der Waals surface area contributed by atoms with Gasteiger partial charge >= 0.3 is 0 Å². The van der Waals surface area contributed by atoms with Gasteiger partial charge in [0.05, 0.1) is 17.8 Å². The van der Waals surface area contributed by atoms with E-state index in [9.17, 15) is 0 Å². The minimum atomic E-state index is -0.119. The maximum absolute atomic E-state index is 6.12. The van der Waals surface area contributed by atoms with Gasteiger partial charge in [0.15, 0.2) is 5.11 Å². The zero-order valence-electron chi connectivity index (χ0n) is 26.0. The van der Waals surface area contributed by atoms with Crippen molar-refractivity contribution in [1.82, 2.24) is 14.9 Å². The second kappa shape index (κ2) is 12.5. The molecule has 44 heavy (non-hydrogen) atoms. The summed E-state index contributed by atoms with van der Waals surface area (Å²) in [5.41, 5.74) is 9.10. The van der Waals surface area contributed by atoms with Crippen LogP contribution in [0.2, 0.25) is 0 Å². The third kappa shape index (κ3) is 5.67. The number of hydrogen-bond donors (Lipinski definition) is 1. The van der Waals surface area contributed by atoms with Crippen LogP contribution in [0.15, 0.2) is 103 Å². The highest BCUT2D eigenvalue weighted by Gasteiger charge is 2.42. The van der Waals surface area contributed by atoms with Crippen LogP contribution in [-0.2, 0) is 0 Å². The fourth-order valence-electron chi connectivity index (χ4n) is 6.25. The lowest BCUT2D eigenvalue weighted by molar-refractivity contribution is 0.482. The molecule has 0 spiro atoms. The fourth-order valence-corrected chi connectivity index (χ4v) is 6.60. The maximum atomic E-state index is 6.12. The smallest absolute Gasteiger partial charge is 0.174 e. The van der Waals surface area contributed by atoms with E-state index in [2.05, 4.69) is 115 Å². The third-order valence-electron chi connectivity index (χ3n) is 8.50. The van der Waals surface area contributed by atoms with Crippen LogP contribution in [-0.4, -0.2) is 27.8 Å². The molecule has 3 heterocycles. The highest BCUT2D eigenvalue weighted by molar-refractivity contribution is 7.80. The Morgan fingerprint density at radius 2 is 1.45 bits per heavy atom. The summed E-state index contributed by atoms with van der Waals surface area (Å²) in [6.45, 7) is 12.8. The number of nitrogens with one attached hydrogen (secondary N) is 1. The normalized spacial score (nSPS) is 16.2. The van der Waals surface area contributed by atoms with Crippen LogP contribution in [0.5, 0.6) is 11.5 Å². The molecule has 1 N–H and O–H groups in total. The van der Waals surface area contributed by atoms with E-state index in [4.69, 9.17) is 21.9 Å². The molecule has 1 fully saturated rings. The van der Waals surface area contributed by atoms with E-state index < -0.39 is 0 Å². The van der Waals surface area contributed by atoms with Crippen molar-refractivity contribution in [2.45, 2.75) is 46.7 Å². The van der Waals surface area contributed by atoms with Crippen LogP contribution in [0.4, 0.5) is 11.4 Å². The van der Waals surface area contributed by atoms with Crippen molar-refractivity contribution in [1.29, 1.82) is 0 Å². The average Bonchev–Trinajstić information content (AvgIpc) is 3.54. The van der Waals surface area contributed by atoms with Gasteiger partial charge in [-0.1, -0.05) is 23.8 Å². The van der Waals surface area contributed by atoms with Crippen LogP contribution in [0.3, 0.4) is 0 Å². The second-order valence-electron chi connectivity index (χ2n) is 11.3. The molecule has 0 aliphatic carbocycles. The number of thiocarbonyl (C=S) groups is 1. The topological polar surface area (TPSA) is 45.6 Å². The van der Waals surface area contributed by atoms with Crippen LogP contribution in [0.1, 0.15) is 54.1 Å². The van der Waals surface area contributed by atoms with E-state index in [1.165, 1.54) is 28.2 Å². The van der Waals surface area contributed by atoms with Gasteiger partial charge < -0.3 is 24.4 Å². The summed E-state index contributed by atoms with van der Waals surface area (Å²) >= 11 is 6.01. The molecule has 2 unspecified atom stereocenters. The Kier molecular flexibility index (Phi) is 8.40. The average molecular weight is 602 g/mol. The van der Waals surface area contributed by atoms with Gasteiger partial charge in [-0.3, -0.25) is 4.98 Å². The molecule has 1 aliphatic heterocycles. The first-order valence-corrected chi connectivity index (χ1v) is 15.7. The Morgan fingerprint density at radius 3 is 2.07 bits per heavy atom. The van der Waals surface area contributed by atoms with Crippen molar-refractivity contribution >= 4 is 28.7 Å². The molecular weight excluding hydrogens is 563 g/mol. The molecule has 1 aliphatic rings. The lowest BCUT2D eigenvalue weighted by Crippen LogP contribution is -2.29. The van der Waals surface area contributed by atoms with Crippen LogP contribution >= 0.6 is 12.2 Å². The van der Waals surface area contributed by atoms with Gasteiger partial charge in [-0.15, -0.1) is 0 Å². The van der Waals surface area contributed by atoms with Crippen molar-refractivity contribution in [3.8, 4) is 17.2 Å². The van der Waals surface area contributed by atoms with E-state index in [0.29, 0.717) is 5.11 Å². The molecular formula is C37H39N5OS. The van der Waals surface area contributed by atoms with E-state index in [1.54, 1.807) is 0 Å². The zero-order valence-corrected chi connectivity index (χ0v) is 26.8. The molecule has 0 bridgehead atoms. The van der Waals surface area contributed by atoms with Crippen LogP contribution in [0.25, 0.3) is 5.69 Å². The van der Waals surface area contributed by atoms with Gasteiger partial charge in [-0.25, -0.2) is 0 Å². The predicted octanol–water partition coefficient (Wildman–Crippen LogP) is 8.61. The molecule has 6 rings (SSSR count). The minimum Gasteiger partial charge on any atom is -0.457 e. The van der Waals surface area contributed by atoms with Gasteiger partial charge in [-0.05, 0) is 131 Å². The monoisotopic (exact) mass is 601 g/mol. The van der Waals surface area contributed by atoms with Crippen LogP contribution in [0, 0.1) is 20.8 Å². The summed E-state index contributed by atoms with van der Waals surface area (Å²) in [5.74, 6) is 1.59. The zero-order chi connectivity index (χ0) is 30.8. The van der Waals surface area contributed by atoms with Crippen molar-refractivity contribution < 1.29 is 4.74 Å². The standard InChI is InChI=1S/C37H39N5OS/c1-6-40(7-2)28-13-15-29(16-14-28)41-26(4)24-33(27(41)5)36-35(34-10-8-9-23-38-34)39-37(44)42(36)30-17-21-32(22-18-30)43-31-19-11-25(3)12-20-31/h8-24,35-36H,6-7H2,1-5H3,(H,39,44).